The fraction of sp³-hybridized carbons (Fsp3) is 0.700. The smallest absolute Gasteiger partial charge is 0.0930 e. The first-order chi connectivity index (χ1) is 6.25. The molecule has 2 rings (SSSR count). The van der Waals surface area contributed by atoms with Gasteiger partial charge >= 0.3 is 0 Å². The lowest BCUT2D eigenvalue weighted by Crippen LogP contribution is -2.40. The standard InChI is InChI=1S/C10H16N2S/c1-7(2)3-10-12-9(6-13-10)8-4-11-5-8/h6-8,11H,3-5H2,1-2H3. The summed E-state index contributed by atoms with van der Waals surface area (Å²) in [5.74, 6) is 1.41. The van der Waals surface area contributed by atoms with Crippen molar-refractivity contribution in [2.45, 2.75) is 26.2 Å². The quantitative estimate of drug-likeness (QED) is 0.800. The van der Waals surface area contributed by atoms with E-state index in [4.69, 9.17) is 0 Å². The highest BCUT2D eigenvalue weighted by Gasteiger charge is 2.21. The van der Waals surface area contributed by atoms with Gasteiger partial charge in [-0.05, 0) is 5.92 Å². The van der Waals surface area contributed by atoms with Gasteiger partial charge in [0.15, 0.2) is 0 Å². The van der Waals surface area contributed by atoms with Crippen LogP contribution >= 0.6 is 11.3 Å². The van der Waals surface area contributed by atoms with Crippen LogP contribution in [-0.2, 0) is 6.42 Å². The molecule has 2 heterocycles. The fourth-order valence-electron chi connectivity index (χ4n) is 1.45. The number of nitrogens with zero attached hydrogens (tertiary/aromatic N) is 1. The molecule has 1 aliphatic rings. The molecule has 1 saturated heterocycles. The van der Waals surface area contributed by atoms with Crippen molar-refractivity contribution in [3.05, 3.63) is 16.1 Å². The van der Waals surface area contributed by atoms with Crippen molar-refractivity contribution in [3.8, 4) is 0 Å². The van der Waals surface area contributed by atoms with Gasteiger partial charge in [0.2, 0.25) is 0 Å². The molecule has 0 amide bonds. The highest BCUT2D eigenvalue weighted by Crippen LogP contribution is 2.23. The SMILES string of the molecule is CC(C)Cc1nc(C2CNC2)cs1. The van der Waals surface area contributed by atoms with Crippen molar-refractivity contribution in [2.24, 2.45) is 5.92 Å². The Labute approximate surface area is 83.4 Å². The lowest BCUT2D eigenvalue weighted by atomic mass is 10.0. The molecule has 0 spiro atoms. The highest BCUT2D eigenvalue weighted by atomic mass is 32.1. The molecule has 0 bridgehead atoms. The number of rotatable bonds is 3. The topological polar surface area (TPSA) is 24.9 Å². The van der Waals surface area contributed by atoms with Gasteiger partial charge in [0.25, 0.3) is 0 Å². The second kappa shape index (κ2) is 3.76. The normalized spacial score (nSPS) is 17.8. The van der Waals surface area contributed by atoms with Gasteiger partial charge in [-0.1, -0.05) is 13.8 Å². The predicted octanol–water partition coefficient (Wildman–Crippen LogP) is 2.03. The number of aromatic nitrogens is 1. The molecule has 1 fully saturated rings. The zero-order valence-corrected chi connectivity index (χ0v) is 9.03. The van der Waals surface area contributed by atoms with E-state index in [1.54, 1.807) is 0 Å². The third-order valence-electron chi connectivity index (χ3n) is 2.35. The number of nitrogens with one attached hydrogen (secondary N) is 1. The van der Waals surface area contributed by atoms with E-state index in [1.807, 2.05) is 11.3 Å². The molecular formula is C10H16N2S. The molecule has 0 aliphatic carbocycles. The van der Waals surface area contributed by atoms with Gasteiger partial charge in [0, 0.05) is 30.8 Å². The lowest BCUT2D eigenvalue weighted by molar-refractivity contribution is 0.440. The summed E-state index contributed by atoms with van der Waals surface area (Å²) >= 11 is 1.82. The van der Waals surface area contributed by atoms with Crippen molar-refractivity contribution >= 4 is 11.3 Å². The van der Waals surface area contributed by atoms with Gasteiger partial charge in [0.1, 0.15) is 0 Å². The van der Waals surface area contributed by atoms with Gasteiger partial charge < -0.3 is 5.32 Å². The molecule has 1 aromatic rings. The zero-order chi connectivity index (χ0) is 9.26. The minimum absolute atomic E-state index is 0.692. The molecule has 0 aromatic carbocycles. The first-order valence-electron chi connectivity index (χ1n) is 4.90. The Morgan fingerprint density at radius 1 is 1.62 bits per heavy atom. The minimum atomic E-state index is 0.692. The molecule has 3 heteroatoms. The van der Waals surface area contributed by atoms with Crippen molar-refractivity contribution in [1.82, 2.24) is 10.3 Å². The van der Waals surface area contributed by atoms with E-state index in [9.17, 15) is 0 Å². The summed E-state index contributed by atoms with van der Waals surface area (Å²) in [5.41, 5.74) is 1.31. The first-order valence-corrected chi connectivity index (χ1v) is 5.78. The highest BCUT2D eigenvalue weighted by molar-refractivity contribution is 7.09. The van der Waals surface area contributed by atoms with E-state index in [1.165, 1.54) is 10.7 Å². The fourth-order valence-corrected chi connectivity index (χ4v) is 2.54. The van der Waals surface area contributed by atoms with E-state index in [0.29, 0.717) is 5.92 Å². The lowest BCUT2D eigenvalue weighted by Gasteiger charge is -2.25. The van der Waals surface area contributed by atoms with Crippen LogP contribution in [0.2, 0.25) is 0 Å². The van der Waals surface area contributed by atoms with Crippen LogP contribution in [-0.4, -0.2) is 18.1 Å². The summed E-state index contributed by atoms with van der Waals surface area (Å²) in [6.45, 7) is 6.72. The third-order valence-corrected chi connectivity index (χ3v) is 3.24. The molecule has 0 radical (unpaired) electrons. The van der Waals surface area contributed by atoms with Gasteiger partial charge in [-0.2, -0.15) is 0 Å². The van der Waals surface area contributed by atoms with E-state index in [2.05, 4.69) is 29.5 Å². The molecule has 1 N–H and O–H groups in total. The van der Waals surface area contributed by atoms with Crippen LogP contribution in [0.1, 0.15) is 30.5 Å². The third kappa shape index (κ3) is 2.09. The van der Waals surface area contributed by atoms with Gasteiger partial charge in [-0.15, -0.1) is 11.3 Å². The van der Waals surface area contributed by atoms with Crippen molar-refractivity contribution in [3.63, 3.8) is 0 Å². The van der Waals surface area contributed by atoms with E-state index in [-0.39, 0.29) is 0 Å². The average Bonchev–Trinajstić information content (AvgIpc) is 2.31. The van der Waals surface area contributed by atoms with E-state index in [0.717, 1.165) is 25.4 Å². The Morgan fingerprint density at radius 2 is 2.38 bits per heavy atom. The Morgan fingerprint density at radius 3 is 2.92 bits per heavy atom. The molecule has 72 valence electrons. The average molecular weight is 196 g/mol. The summed E-state index contributed by atoms with van der Waals surface area (Å²) < 4.78 is 0. The maximum absolute atomic E-state index is 4.65. The van der Waals surface area contributed by atoms with Crippen LogP contribution in [0, 0.1) is 5.92 Å². The van der Waals surface area contributed by atoms with Crippen LogP contribution in [0.3, 0.4) is 0 Å². The summed E-state index contributed by atoms with van der Waals surface area (Å²) in [7, 11) is 0. The second-order valence-electron chi connectivity index (χ2n) is 4.12. The molecule has 0 atom stereocenters. The Balaban J connectivity index is 2.00. The molecular weight excluding hydrogens is 180 g/mol. The van der Waals surface area contributed by atoms with E-state index >= 15 is 0 Å². The second-order valence-corrected chi connectivity index (χ2v) is 5.06. The van der Waals surface area contributed by atoms with Gasteiger partial charge in [0.05, 0.1) is 10.7 Å². The molecule has 0 saturated carbocycles. The Bertz CT molecular complexity index is 276. The van der Waals surface area contributed by atoms with Gasteiger partial charge in [-0.25, -0.2) is 4.98 Å². The van der Waals surface area contributed by atoms with Crippen LogP contribution in [0.15, 0.2) is 5.38 Å². The molecule has 1 aromatic heterocycles. The Hall–Kier alpha value is -0.410. The summed E-state index contributed by atoms with van der Waals surface area (Å²) in [4.78, 5) is 4.65. The minimum Gasteiger partial charge on any atom is -0.315 e. The van der Waals surface area contributed by atoms with Gasteiger partial charge in [-0.3, -0.25) is 0 Å². The van der Waals surface area contributed by atoms with Crippen LogP contribution < -0.4 is 5.32 Å². The maximum Gasteiger partial charge on any atom is 0.0930 e. The van der Waals surface area contributed by atoms with Crippen molar-refractivity contribution in [1.29, 1.82) is 0 Å². The van der Waals surface area contributed by atoms with Crippen LogP contribution in [0.5, 0.6) is 0 Å². The predicted molar refractivity (Wildman–Crippen MR) is 56.3 cm³/mol. The number of thiazole rings is 1. The first kappa shape index (κ1) is 9.16. The van der Waals surface area contributed by atoms with Crippen LogP contribution in [0.4, 0.5) is 0 Å². The summed E-state index contributed by atoms with van der Waals surface area (Å²) in [5, 5.41) is 6.80. The molecule has 2 nitrogen and oxygen atoms in total. The van der Waals surface area contributed by atoms with E-state index < -0.39 is 0 Å². The summed E-state index contributed by atoms with van der Waals surface area (Å²) in [6.07, 6.45) is 1.13. The number of hydrogen-bond donors (Lipinski definition) is 1. The molecule has 1 aliphatic heterocycles. The van der Waals surface area contributed by atoms with Crippen molar-refractivity contribution < 1.29 is 0 Å². The zero-order valence-electron chi connectivity index (χ0n) is 8.21. The monoisotopic (exact) mass is 196 g/mol. The van der Waals surface area contributed by atoms with Crippen molar-refractivity contribution in [2.75, 3.05) is 13.1 Å². The molecule has 0 unspecified atom stereocenters. The van der Waals surface area contributed by atoms with Crippen LogP contribution in [0.25, 0.3) is 0 Å². The maximum atomic E-state index is 4.65. The largest absolute Gasteiger partial charge is 0.315 e. The summed E-state index contributed by atoms with van der Waals surface area (Å²) in [6, 6.07) is 0. The number of hydrogen-bond acceptors (Lipinski definition) is 3. The Kier molecular flexibility index (Phi) is 2.65. The molecule has 13 heavy (non-hydrogen) atoms.